The lowest BCUT2D eigenvalue weighted by Gasteiger charge is -1.98. The first-order valence-electron chi connectivity index (χ1n) is 3.15. The average molecular weight is 172 g/mol. The minimum absolute atomic E-state index is 0.298. The molecule has 1 aromatic heterocycles. The molecule has 0 aliphatic carbocycles. The average Bonchev–Trinajstić information content (AvgIpc) is 2.52. The van der Waals surface area contributed by atoms with Crippen LogP contribution in [0.15, 0.2) is 10.9 Å². The Hall–Kier alpha value is -0.940. The third-order valence-corrected chi connectivity index (χ3v) is 1.56. The van der Waals surface area contributed by atoms with Crippen LogP contribution in [-0.2, 0) is 4.84 Å². The van der Waals surface area contributed by atoms with Crippen LogP contribution in [0.5, 0.6) is 0 Å². The molecule has 0 unspecified atom stereocenters. The lowest BCUT2D eigenvalue weighted by molar-refractivity contribution is 0.0360. The summed E-state index contributed by atoms with van der Waals surface area (Å²) in [5.41, 5.74) is 4.23. The van der Waals surface area contributed by atoms with Crippen molar-refractivity contribution >= 4 is 17.2 Å². The Kier molecular flexibility index (Phi) is 3.00. The quantitative estimate of drug-likeness (QED) is 0.687. The maximum absolute atomic E-state index is 11.0. The standard InChI is InChI=1S/C6H8N2O2S/c1-2-10-8-6(9)5-3-11-4-7-5/h3-4H,2H2,1H3,(H,8,9). The van der Waals surface area contributed by atoms with E-state index in [0.29, 0.717) is 12.3 Å². The van der Waals surface area contributed by atoms with Gasteiger partial charge in [-0.3, -0.25) is 9.63 Å². The first-order chi connectivity index (χ1) is 5.34. The number of hydrogen-bond donors (Lipinski definition) is 1. The van der Waals surface area contributed by atoms with Crippen LogP contribution >= 0.6 is 11.3 Å². The molecule has 1 amide bonds. The molecule has 0 aromatic carbocycles. The van der Waals surface area contributed by atoms with Crippen LogP contribution in [0.4, 0.5) is 0 Å². The zero-order valence-electron chi connectivity index (χ0n) is 6.03. The number of nitrogens with one attached hydrogen (secondary N) is 1. The molecule has 11 heavy (non-hydrogen) atoms. The molecule has 0 saturated carbocycles. The number of amides is 1. The van der Waals surface area contributed by atoms with Gasteiger partial charge in [-0.25, -0.2) is 10.5 Å². The van der Waals surface area contributed by atoms with Gasteiger partial charge in [0.1, 0.15) is 5.69 Å². The summed E-state index contributed by atoms with van der Waals surface area (Å²) in [5, 5.41) is 1.66. The molecule has 0 radical (unpaired) electrons. The fraction of sp³-hybridized carbons (Fsp3) is 0.333. The van der Waals surface area contributed by atoms with Crippen molar-refractivity contribution in [1.82, 2.24) is 10.5 Å². The highest BCUT2D eigenvalue weighted by Crippen LogP contribution is 1.99. The normalized spacial score (nSPS) is 9.55. The second kappa shape index (κ2) is 4.05. The third-order valence-electron chi connectivity index (χ3n) is 0.974. The number of aromatic nitrogens is 1. The highest BCUT2D eigenvalue weighted by atomic mass is 32.1. The summed E-state index contributed by atoms with van der Waals surface area (Å²) in [6.07, 6.45) is 0. The van der Waals surface area contributed by atoms with Crippen molar-refractivity contribution in [2.45, 2.75) is 6.92 Å². The van der Waals surface area contributed by atoms with E-state index in [-0.39, 0.29) is 5.91 Å². The van der Waals surface area contributed by atoms with Crippen LogP contribution < -0.4 is 5.48 Å². The van der Waals surface area contributed by atoms with E-state index in [4.69, 9.17) is 0 Å². The summed E-state index contributed by atoms with van der Waals surface area (Å²) >= 11 is 1.37. The van der Waals surface area contributed by atoms with Gasteiger partial charge in [-0.15, -0.1) is 11.3 Å². The number of thiazole rings is 1. The van der Waals surface area contributed by atoms with E-state index in [0.717, 1.165) is 0 Å². The predicted molar refractivity (Wildman–Crippen MR) is 41.2 cm³/mol. The van der Waals surface area contributed by atoms with Crippen LogP contribution in [0.1, 0.15) is 17.4 Å². The number of carbonyl (C=O) groups is 1. The van der Waals surface area contributed by atoms with Crippen LogP contribution in [0.3, 0.4) is 0 Å². The summed E-state index contributed by atoms with van der Waals surface area (Å²) in [5.74, 6) is -0.298. The van der Waals surface area contributed by atoms with E-state index >= 15 is 0 Å². The molecule has 0 bridgehead atoms. The van der Waals surface area contributed by atoms with E-state index < -0.39 is 0 Å². The summed E-state index contributed by atoms with van der Waals surface area (Å²) < 4.78 is 0. The molecular weight excluding hydrogens is 164 g/mol. The van der Waals surface area contributed by atoms with Crippen LogP contribution in [-0.4, -0.2) is 17.5 Å². The van der Waals surface area contributed by atoms with Crippen molar-refractivity contribution in [2.75, 3.05) is 6.61 Å². The van der Waals surface area contributed by atoms with E-state index in [2.05, 4.69) is 15.3 Å². The minimum Gasteiger partial charge on any atom is -0.274 e. The van der Waals surface area contributed by atoms with Crippen LogP contribution in [0.25, 0.3) is 0 Å². The van der Waals surface area contributed by atoms with Gasteiger partial charge in [0.15, 0.2) is 0 Å². The second-order valence-corrected chi connectivity index (χ2v) is 2.46. The Bertz CT molecular complexity index is 222. The third kappa shape index (κ3) is 2.28. The summed E-state index contributed by atoms with van der Waals surface area (Å²) in [6, 6.07) is 0. The van der Waals surface area contributed by atoms with E-state index in [1.165, 1.54) is 11.3 Å². The molecule has 4 nitrogen and oxygen atoms in total. The van der Waals surface area contributed by atoms with Crippen LogP contribution in [0.2, 0.25) is 0 Å². The highest BCUT2D eigenvalue weighted by molar-refractivity contribution is 7.07. The molecule has 0 fully saturated rings. The van der Waals surface area contributed by atoms with Gasteiger partial charge < -0.3 is 0 Å². The Labute approximate surface area is 68.2 Å². The lowest BCUT2D eigenvalue weighted by Crippen LogP contribution is -2.23. The van der Waals surface area contributed by atoms with Gasteiger partial charge in [-0.05, 0) is 6.92 Å². The molecule has 1 N–H and O–H groups in total. The topological polar surface area (TPSA) is 51.2 Å². The van der Waals surface area contributed by atoms with Crippen molar-refractivity contribution in [3.8, 4) is 0 Å². The maximum atomic E-state index is 11.0. The monoisotopic (exact) mass is 172 g/mol. The largest absolute Gasteiger partial charge is 0.294 e. The van der Waals surface area contributed by atoms with E-state index in [1.807, 2.05) is 0 Å². The summed E-state index contributed by atoms with van der Waals surface area (Å²) in [7, 11) is 0. The molecule has 5 heteroatoms. The molecule has 0 spiro atoms. The van der Waals surface area contributed by atoms with Crippen LogP contribution in [0, 0.1) is 0 Å². The maximum Gasteiger partial charge on any atom is 0.294 e. The molecular formula is C6H8N2O2S. The Balaban J connectivity index is 2.43. The molecule has 1 aromatic rings. The fourth-order valence-electron chi connectivity index (χ4n) is 0.515. The molecule has 1 heterocycles. The van der Waals surface area contributed by atoms with Gasteiger partial charge in [0.2, 0.25) is 0 Å². The van der Waals surface area contributed by atoms with Gasteiger partial charge in [0.05, 0.1) is 12.1 Å². The van der Waals surface area contributed by atoms with Gasteiger partial charge in [-0.2, -0.15) is 0 Å². The molecule has 60 valence electrons. The highest BCUT2D eigenvalue weighted by Gasteiger charge is 2.05. The molecule has 0 aliphatic heterocycles. The lowest BCUT2D eigenvalue weighted by atomic mass is 10.5. The fourth-order valence-corrected chi connectivity index (χ4v) is 1.05. The van der Waals surface area contributed by atoms with Crippen molar-refractivity contribution in [3.05, 3.63) is 16.6 Å². The van der Waals surface area contributed by atoms with Crippen molar-refractivity contribution < 1.29 is 9.63 Å². The Morgan fingerprint density at radius 2 is 2.73 bits per heavy atom. The van der Waals surface area contributed by atoms with Crippen molar-refractivity contribution in [1.29, 1.82) is 0 Å². The van der Waals surface area contributed by atoms with Crippen molar-refractivity contribution in [2.24, 2.45) is 0 Å². The predicted octanol–water partition coefficient (Wildman–Crippen LogP) is 0.824. The smallest absolute Gasteiger partial charge is 0.274 e. The molecule has 0 saturated heterocycles. The number of hydroxylamine groups is 1. The summed E-state index contributed by atoms with van der Waals surface area (Å²) in [4.78, 5) is 19.5. The second-order valence-electron chi connectivity index (χ2n) is 1.74. The molecule has 0 aliphatic rings. The van der Waals surface area contributed by atoms with Gasteiger partial charge in [0.25, 0.3) is 5.91 Å². The number of hydrogen-bond acceptors (Lipinski definition) is 4. The van der Waals surface area contributed by atoms with Gasteiger partial charge >= 0.3 is 0 Å². The molecule has 0 atom stereocenters. The summed E-state index contributed by atoms with van der Waals surface area (Å²) in [6.45, 7) is 2.25. The first kappa shape index (κ1) is 8.16. The Morgan fingerprint density at radius 3 is 3.27 bits per heavy atom. The minimum atomic E-state index is -0.298. The zero-order chi connectivity index (χ0) is 8.10. The number of carbonyl (C=O) groups excluding carboxylic acids is 1. The zero-order valence-corrected chi connectivity index (χ0v) is 6.85. The SMILES string of the molecule is CCONC(=O)c1cscn1. The van der Waals surface area contributed by atoms with Crippen molar-refractivity contribution in [3.63, 3.8) is 0 Å². The van der Waals surface area contributed by atoms with E-state index in [1.54, 1.807) is 17.8 Å². The molecule has 1 rings (SSSR count). The van der Waals surface area contributed by atoms with Gasteiger partial charge in [0, 0.05) is 5.38 Å². The van der Waals surface area contributed by atoms with E-state index in [9.17, 15) is 4.79 Å². The number of rotatable bonds is 3. The van der Waals surface area contributed by atoms with Gasteiger partial charge in [-0.1, -0.05) is 0 Å². The Morgan fingerprint density at radius 1 is 1.91 bits per heavy atom. The first-order valence-corrected chi connectivity index (χ1v) is 4.09. The number of nitrogens with zero attached hydrogens (tertiary/aromatic N) is 1.